The van der Waals surface area contributed by atoms with Crippen molar-refractivity contribution >= 4 is 10.8 Å². The molecule has 0 spiro atoms. The second kappa shape index (κ2) is 12.0. The maximum absolute atomic E-state index is 9.52. The predicted molar refractivity (Wildman–Crippen MR) is 205 cm³/mol. The molecule has 8 aromatic rings. The third-order valence-electron chi connectivity index (χ3n) is 10.0. The molecule has 0 saturated carbocycles. The van der Waals surface area contributed by atoms with Crippen molar-refractivity contribution < 1.29 is 0 Å². The first-order valence-corrected chi connectivity index (χ1v) is 17.0. The van der Waals surface area contributed by atoms with Gasteiger partial charge in [-0.2, -0.15) is 5.26 Å². The summed E-state index contributed by atoms with van der Waals surface area (Å²) in [6.07, 6.45) is 3.69. The summed E-state index contributed by atoms with van der Waals surface area (Å²) in [5.41, 5.74) is 12.5. The predicted octanol–water partition coefficient (Wildman–Crippen LogP) is 10.9. The largest absolute Gasteiger partial charge is 0.264 e. The van der Waals surface area contributed by atoms with Crippen molar-refractivity contribution in [2.45, 2.75) is 19.3 Å². The molecule has 0 bridgehead atoms. The van der Waals surface area contributed by atoms with E-state index in [0.717, 1.165) is 44.3 Å². The summed E-state index contributed by atoms with van der Waals surface area (Å²) in [7, 11) is 0. The number of benzene rings is 6. The fourth-order valence-corrected chi connectivity index (χ4v) is 7.38. The van der Waals surface area contributed by atoms with Crippen LogP contribution in [0.25, 0.3) is 78.3 Å². The Balaban J connectivity index is 1.23. The zero-order valence-electron chi connectivity index (χ0n) is 28.2. The van der Waals surface area contributed by atoms with Gasteiger partial charge >= 0.3 is 0 Å². The highest BCUT2D eigenvalue weighted by Crippen LogP contribution is 2.52. The third kappa shape index (κ3) is 5.26. The van der Waals surface area contributed by atoms with Crippen molar-refractivity contribution in [2.75, 3.05) is 0 Å². The van der Waals surface area contributed by atoms with Crippen LogP contribution in [-0.4, -0.2) is 19.9 Å². The Morgan fingerprint density at radius 3 is 1.78 bits per heavy atom. The first kappa shape index (κ1) is 30.3. The number of hydrogen-bond acceptors (Lipinski definition) is 5. The lowest BCUT2D eigenvalue weighted by Gasteiger charge is -2.22. The smallest absolute Gasteiger partial charge is 0.164 e. The van der Waals surface area contributed by atoms with Crippen LogP contribution in [-0.2, 0) is 5.41 Å². The Bertz CT molecular complexity index is 2600. The topological polar surface area (TPSA) is 75.3 Å². The lowest BCUT2D eigenvalue weighted by molar-refractivity contribution is 0.661. The fourth-order valence-electron chi connectivity index (χ4n) is 7.38. The van der Waals surface area contributed by atoms with Crippen molar-refractivity contribution in [3.8, 4) is 73.6 Å². The molecule has 0 fully saturated rings. The van der Waals surface area contributed by atoms with E-state index >= 15 is 0 Å². The molecule has 1 aliphatic rings. The fraction of sp³-hybridized carbons (Fsp3) is 0.0652. The Hall–Kier alpha value is -6.77. The van der Waals surface area contributed by atoms with E-state index in [4.69, 9.17) is 15.0 Å². The van der Waals surface area contributed by atoms with E-state index in [2.05, 4.69) is 85.6 Å². The summed E-state index contributed by atoms with van der Waals surface area (Å²) in [6, 6.07) is 50.2. The molecular formula is C46H31N5. The van der Waals surface area contributed by atoms with E-state index < -0.39 is 0 Å². The van der Waals surface area contributed by atoms with Gasteiger partial charge in [0.15, 0.2) is 17.5 Å². The molecule has 0 saturated heterocycles. The minimum atomic E-state index is -0.212. The minimum absolute atomic E-state index is 0.212. The van der Waals surface area contributed by atoms with Crippen molar-refractivity contribution in [1.29, 1.82) is 5.26 Å². The second-order valence-corrected chi connectivity index (χ2v) is 13.5. The van der Waals surface area contributed by atoms with Crippen LogP contribution in [0.4, 0.5) is 0 Å². The molecule has 6 aromatic carbocycles. The summed E-state index contributed by atoms with van der Waals surface area (Å²) in [5, 5.41) is 11.8. The van der Waals surface area contributed by atoms with Gasteiger partial charge in [0, 0.05) is 40.1 Å². The SMILES string of the molecule is CC1(C)c2cc(-c3cc(-c4cccnc4)cc(-c4nc(-c5ccccc5)nc(-c5ccccc5)n4)c3)ccc2-c2c1ccc1cc(C#N)ccc21. The van der Waals surface area contributed by atoms with Crippen molar-refractivity contribution in [3.05, 3.63) is 169 Å². The molecule has 5 heteroatoms. The van der Waals surface area contributed by atoms with E-state index in [1.165, 1.54) is 27.6 Å². The van der Waals surface area contributed by atoms with Crippen LogP contribution in [0.3, 0.4) is 0 Å². The van der Waals surface area contributed by atoms with Gasteiger partial charge in [-0.25, -0.2) is 15.0 Å². The first-order chi connectivity index (χ1) is 25.0. The number of nitriles is 1. The van der Waals surface area contributed by atoms with Gasteiger partial charge in [-0.05, 0) is 92.2 Å². The Morgan fingerprint density at radius 2 is 1.14 bits per heavy atom. The normalized spacial score (nSPS) is 12.6. The Kier molecular flexibility index (Phi) is 7.12. The van der Waals surface area contributed by atoms with Crippen LogP contribution in [0.1, 0.15) is 30.5 Å². The summed E-state index contributed by atoms with van der Waals surface area (Å²) in [6.45, 7) is 4.60. The Labute approximate surface area is 296 Å². The highest BCUT2D eigenvalue weighted by atomic mass is 15.0. The van der Waals surface area contributed by atoms with Crippen LogP contribution < -0.4 is 0 Å². The molecule has 0 amide bonds. The van der Waals surface area contributed by atoms with Crippen molar-refractivity contribution in [1.82, 2.24) is 19.9 Å². The maximum Gasteiger partial charge on any atom is 0.164 e. The van der Waals surface area contributed by atoms with E-state index in [9.17, 15) is 5.26 Å². The monoisotopic (exact) mass is 653 g/mol. The van der Waals surface area contributed by atoms with Gasteiger partial charge in [-0.1, -0.05) is 111 Å². The van der Waals surface area contributed by atoms with Crippen LogP contribution in [0.15, 0.2) is 152 Å². The molecule has 9 rings (SSSR count). The number of nitrogens with zero attached hydrogens (tertiary/aromatic N) is 5. The van der Waals surface area contributed by atoms with E-state index in [-0.39, 0.29) is 5.41 Å². The standard InChI is InChI=1S/C46H31N5/c1-46(2)40-20-17-33-22-29(27-47)15-18-38(33)42(40)39-19-16-32(26-41(39)46)35-23-36(34-14-9-21-48-28-34)25-37(24-35)45-50-43(30-10-5-3-6-11-30)49-44(51-45)31-12-7-4-8-13-31/h3-26,28H,1-2H3. The molecule has 2 aromatic heterocycles. The molecule has 0 unspecified atom stereocenters. The first-order valence-electron chi connectivity index (χ1n) is 17.0. The number of pyridine rings is 1. The summed E-state index contributed by atoms with van der Waals surface area (Å²) in [4.78, 5) is 19.5. The summed E-state index contributed by atoms with van der Waals surface area (Å²) >= 11 is 0. The molecule has 0 aliphatic heterocycles. The average molecular weight is 654 g/mol. The van der Waals surface area contributed by atoms with Gasteiger partial charge in [0.1, 0.15) is 0 Å². The van der Waals surface area contributed by atoms with Crippen molar-refractivity contribution in [3.63, 3.8) is 0 Å². The maximum atomic E-state index is 9.52. The highest BCUT2D eigenvalue weighted by Gasteiger charge is 2.36. The van der Waals surface area contributed by atoms with Crippen LogP contribution in [0.5, 0.6) is 0 Å². The number of aromatic nitrogens is 4. The number of fused-ring (bicyclic) bond motifs is 5. The van der Waals surface area contributed by atoms with Gasteiger partial charge in [0.05, 0.1) is 11.6 Å². The molecule has 240 valence electrons. The molecule has 51 heavy (non-hydrogen) atoms. The quantitative estimate of drug-likeness (QED) is 0.185. The van der Waals surface area contributed by atoms with Crippen molar-refractivity contribution in [2.24, 2.45) is 0 Å². The minimum Gasteiger partial charge on any atom is -0.264 e. The van der Waals surface area contributed by atoms with Gasteiger partial charge in [0.2, 0.25) is 0 Å². The molecule has 0 N–H and O–H groups in total. The average Bonchev–Trinajstić information content (AvgIpc) is 3.43. The molecule has 2 heterocycles. The Morgan fingerprint density at radius 1 is 0.510 bits per heavy atom. The summed E-state index contributed by atoms with van der Waals surface area (Å²) in [5.74, 6) is 1.85. The second-order valence-electron chi connectivity index (χ2n) is 13.5. The van der Waals surface area contributed by atoms with Gasteiger partial charge < -0.3 is 0 Å². The lowest BCUT2D eigenvalue weighted by Crippen LogP contribution is -2.15. The zero-order valence-corrected chi connectivity index (χ0v) is 28.2. The van der Waals surface area contributed by atoms with E-state index in [0.29, 0.717) is 23.0 Å². The van der Waals surface area contributed by atoms with Gasteiger partial charge in [-0.3, -0.25) is 4.98 Å². The van der Waals surface area contributed by atoms with Crippen LogP contribution in [0, 0.1) is 11.3 Å². The number of hydrogen-bond donors (Lipinski definition) is 0. The molecular weight excluding hydrogens is 623 g/mol. The third-order valence-corrected chi connectivity index (χ3v) is 10.0. The molecule has 0 atom stereocenters. The van der Waals surface area contributed by atoms with Gasteiger partial charge in [0.25, 0.3) is 0 Å². The summed E-state index contributed by atoms with van der Waals surface area (Å²) < 4.78 is 0. The number of rotatable bonds is 5. The van der Waals surface area contributed by atoms with E-state index in [1.54, 1.807) is 6.20 Å². The van der Waals surface area contributed by atoms with Crippen LogP contribution in [0.2, 0.25) is 0 Å². The zero-order chi connectivity index (χ0) is 34.5. The van der Waals surface area contributed by atoms with Crippen LogP contribution >= 0.6 is 0 Å². The molecule has 0 radical (unpaired) electrons. The lowest BCUT2D eigenvalue weighted by atomic mass is 9.81. The highest BCUT2D eigenvalue weighted by molar-refractivity contribution is 6.03. The molecule has 1 aliphatic carbocycles. The molecule has 5 nitrogen and oxygen atoms in total. The van der Waals surface area contributed by atoms with Gasteiger partial charge in [-0.15, -0.1) is 0 Å². The van der Waals surface area contributed by atoms with E-state index in [1.807, 2.05) is 85.1 Å².